The third-order valence-corrected chi connectivity index (χ3v) is 6.81. The largest absolute Gasteiger partial charge is 0.383 e. The normalized spacial score (nSPS) is 19.1. The summed E-state index contributed by atoms with van der Waals surface area (Å²) in [7, 11) is 2.11. The fourth-order valence-corrected chi connectivity index (χ4v) is 4.60. The maximum Gasteiger partial charge on any atom is 0.246 e. The van der Waals surface area contributed by atoms with Crippen LogP contribution in [-0.2, 0) is 4.79 Å². The number of amides is 1. The van der Waals surface area contributed by atoms with Gasteiger partial charge in [0.05, 0.1) is 11.4 Å². The molecule has 33 heavy (non-hydrogen) atoms. The Bertz CT molecular complexity index is 1190. The van der Waals surface area contributed by atoms with Crippen LogP contribution in [0.25, 0.3) is 22.3 Å². The van der Waals surface area contributed by atoms with Crippen LogP contribution in [0, 0.1) is 5.82 Å². The van der Waals surface area contributed by atoms with Gasteiger partial charge in [-0.3, -0.25) is 9.69 Å². The second-order valence-corrected chi connectivity index (χ2v) is 8.91. The Kier molecular flexibility index (Phi) is 5.80. The lowest BCUT2D eigenvalue weighted by molar-refractivity contribution is -0.125. The zero-order chi connectivity index (χ0) is 22.9. The number of nitrogen functional groups attached to an aromatic ring is 1. The van der Waals surface area contributed by atoms with Crippen LogP contribution >= 0.6 is 0 Å². The summed E-state index contributed by atoms with van der Waals surface area (Å²) < 4.78 is 15.3. The summed E-state index contributed by atoms with van der Waals surface area (Å²) in [6.45, 7) is 1.99. The fraction of sp³-hybridized carbons (Fsp3) is 0.417. The van der Waals surface area contributed by atoms with E-state index in [2.05, 4.69) is 21.9 Å². The first-order chi connectivity index (χ1) is 16.0. The van der Waals surface area contributed by atoms with Gasteiger partial charge in [-0.2, -0.15) is 5.10 Å². The number of halogens is 1. The lowest BCUT2D eigenvalue weighted by Gasteiger charge is -2.33. The van der Waals surface area contributed by atoms with Crippen LogP contribution in [0.4, 0.5) is 10.2 Å². The number of likely N-dealkylation sites (N-methyl/N-ethyl adjacent to an activating group) is 1. The molecule has 1 saturated heterocycles. The molecule has 1 saturated carbocycles. The van der Waals surface area contributed by atoms with Crippen molar-refractivity contribution in [3.05, 3.63) is 48.6 Å². The number of aromatic nitrogens is 4. The molecule has 9 heteroatoms. The number of benzene rings is 1. The Labute approximate surface area is 191 Å². The highest BCUT2D eigenvalue weighted by Crippen LogP contribution is 2.34. The maximum absolute atomic E-state index is 13.4. The topological polar surface area (TPSA) is 93.2 Å². The number of hydrogen-bond acceptors (Lipinski definition) is 6. The molecule has 3 aromatic rings. The third kappa shape index (κ3) is 4.20. The van der Waals surface area contributed by atoms with Gasteiger partial charge in [0.25, 0.3) is 0 Å². The number of nitrogens with two attached hydrogens (primary N) is 1. The molecule has 172 valence electrons. The summed E-state index contributed by atoms with van der Waals surface area (Å²) in [6, 6.07) is 6.76. The van der Waals surface area contributed by atoms with Crippen molar-refractivity contribution >= 4 is 22.8 Å². The van der Waals surface area contributed by atoms with E-state index in [1.54, 1.807) is 18.2 Å². The quantitative estimate of drug-likeness (QED) is 0.582. The average molecular weight is 450 g/mol. The molecule has 1 unspecified atom stereocenters. The molecule has 3 heterocycles. The van der Waals surface area contributed by atoms with Crippen molar-refractivity contribution in [2.24, 2.45) is 0 Å². The van der Waals surface area contributed by atoms with Crippen LogP contribution < -0.4 is 5.73 Å². The third-order valence-electron chi connectivity index (χ3n) is 6.81. The van der Waals surface area contributed by atoms with Gasteiger partial charge in [-0.1, -0.05) is 12.5 Å². The van der Waals surface area contributed by atoms with Gasteiger partial charge in [0.1, 0.15) is 23.7 Å². The monoisotopic (exact) mass is 449 g/mol. The first kappa shape index (κ1) is 21.5. The predicted octanol–water partition coefficient (Wildman–Crippen LogP) is 3.03. The molecule has 1 aliphatic carbocycles. The molecule has 2 aliphatic rings. The Balaban J connectivity index is 1.34. The van der Waals surface area contributed by atoms with E-state index in [-0.39, 0.29) is 17.8 Å². The van der Waals surface area contributed by atoms with Crippen molar-refractivity contribution in [2.45, 2.75) is 37.8 Å². The Hall–Kier alpha value is -3.33. The minimum atomic E-state index is -0.316. The number of nitrogens with zero attached hydrogens (tertiary/aromatic N) is 6. The van der Waals surface area contributed by atoms with Crippen molar-refractivity contribution in [3.8, 4) is 11.3 Å². The highest BCUT2D eigenvalue weighted by molar-refractivity contribution is 5.98. The van der Waals surface area contributed by atoms with Crippen LogP contribution in [0.2, 0.25) is 0 Å². The van der Waals surface area contributed by atoms with Crippen molar-refractivity contribution in [1.82, 2.24) is 29.5 Å². The summed E-state index contributed by atoms with van der Waals surface area (Å²) in [4.78, 5) is 25.5. The zero-order valence-corrected chi connectivity index (χ0v) is 18.7. The highest BCUT2D eigenvalue weighted by atomic mass is 19.1. The van der Waals surface area contributed by atoms with Gasteiger partial charge in [-0.25, -0.2) is 19.0 Å². The molecular weight excluding hydrogens is 421 g/mol. The second kappa shape index (κ2) is 8.90. The minimum Gasteiger partial charge on any atom is -0.383 e. The van der Waals surface area contributed by atoms with E-state index in [9.17, 15) is 9.18 Å². The molecule has 2 aromatic heterocycles. The molecular formula is C24H28FN7O. The van der Waals surface area contributed by atoms with Gasteiger partial charge in [-0.05, 0) is 50.6 Å². The van der Waals surface area contributed by atoms with Crippen LogP contribution in [0.5, 0.6) is 0 Å². The van der Waals surface area contributed by atoms with E-state index in [0.29, 0.717) is 41.7 Å². The molecule has 8 nitrogen and oxygen atoms in total. The number of fused-ring (bicyclic) bond motifs is 1. The van der Waals surface area contributed by atoms with Crippen LogP contribution in [0.15, 0.2) is 42.7 Å². The van der Waals surface area contributed by atoms with Gasteiger partial charge >= 0.3 is 0 Å². The van der Waals surface area contributed by atoms with E-state index >= 15 is 0 Å². The van der Waals surface area contributed by atoms with Crippen molar-refractivity contribution < 1.29 is 9.18 Å². The number of likely N-dealkylation sites (tertiary alicyclic amines) is 1. The second-order valence-electron chi connectivity index (χ2n) is 8.91. The van der Waals surface area contributed by atoms with Gasteiger partial charge in [0.2, 0.25) is 5.91 Å². The standard InChI is InChI=1S/C24H28FN7O/c1-30(18-4-2-5-18)12-3-6-20(33)31-13-11-19(14-31)32-24-21(23(26)27-15-28-24)22(29-32)16-7-9-17(25)10-8-16/h3,6-10,15,18-19H,2,4-5,11-14H2,1H3,(H2,26,27,28)/b6-3+. The molecule has 1 aliphatic heterocycles. The van der Waals surface area contributed by atoms with Crippen molar-refractivity contribution in [3.63, 3.8) is 0 Å². The summed E-state index contributed by atoms with van der Waals surface area (Å²) in [6.07, 6.45) is 9.62. The van der Waals surface area contributed by atoms with E-state index < -0.39 is 0 Å². The number of hydrogen-bond donors (Lipinski definition) is 1. The average Bonchev–Trinajstić information content (AvgIpc) is 3.39. The van der Waals surface area contributed by atoms with Crippen LogP contribution in [-0.4, -0.2) is 68.2 Å². The summed E-state index contributed by atoms with van der Waals surface area (Å²) in [5.74, 6) is 0.0301. The fourth-order valence-electron chi connectivity index (χ4n) is 4.60. The minimum absolute atomic E-state index is 0.0175. The van der Waals surface area contributed by atoms with E-state index in [0.717, 1.165) is 18.5 Å². The lowest BCUT2D eigenvalue weighted by Crippen LogP contribution is -2.37. The molecule has 2 N–H and O–H groups in total. The van der Waals surface area contributed by atoms with Gasteiger partial charge < -0.3 is 10.6 Å². The molecule has 5 rings (SSSR count). The first-order valence-electron chi connectivity index (χ1n) is 11.4. The summed E-state index contributed by atoms with van der Waals surface area (Å²) in [5.41, 5.74) is 8.15. The Morgan fingerprint density at radius 1 is 1.24 bits per heavy atom. The molecule has 0 radical (unpaired) electrons. The summed E-state index contributed by atoms with van der Waals surface area (Å²) >= 11 is 0. The lowest BCUT2D eigenvalue weighted by atomic mass is 9.92. The number of anilines is 1. The summed E-state index contributed by atoms with van der Waals surface area (Å²) in [5, 5.41) is 5.44. The number of rotatable bonds is 6. The Morgan fingerprint density at radius 2 is 2.03 bits per heavy atom. The zero-order valence-electron chi connectivity index (χ0n) is 18.7. The van der Waals surface area contributed by atoms with Crippen molar-refractivity contribution in [2.75, 3.05) is 32.4 Å². The van der Waals surface area contributed by atoms with E-state index in [1.165, 1.54) is 37.7 Å². The SMILES string of the molecule is CN(C/C=C/C(=O)N1CCC(n2nc(-c3ccc(F)cc3)c3c(N)ncnc32)C1)C1CCC1. The van der Waals surface area contributed by atoms with E-state index in [4.69, 9.17) is 10.8 Å². The molecule has 1 aromatic carbocycles. The predicted molar refractivity (Wildman–Crippen MR) is 125 cm³/mol. The number of carbonyl (C=O) groups excluding carboxylic acids is 1. The van der Waals surface area contributed by atoms with Gasteiger partial charge in [-0.15, -0.1) is 0 Å². The van der Waals surface area contributed by atoms with Crippen LogP contribution in [0.3, 0.4) is 0 Å². The van der Waals surface area contributed by atoms with Crippen LogP contribution in [0.1, 0.15) is 31.7 Å². The molecule has 1 atom stereocenters. The number of carbonyl (C=O) groups is 1. The first-order valence-corrected chi connectivity index (χ1v) is 11.4. The molecule has 1 amide bonds. The van der Waals surface area contributed by atoms with Crippen molar-refractivity contribution in [1.29, 1.82) is 0 Å². The molecule has 2 fully saturated rings. The highest BCUT2D eigenvalue weighted by Gasteiger charge is 2.30. The van der Waals surface area contributed by atoms with E-state index in [1.807, 2.05) is 15.7 Å². The van der Waals surface area contributed by atoms with Gasteiger partial charge in [0, 0.05) is 37.3 Å². The molecule has 0 bridgehead atoms. The Morgan fingerprint density at radius 3 is 2.76 bits per heavy atom. The smallest absolute Gasteiger partial charge is 0.246 e. The maximum atomic E-state index is 13.4. The van der Waals surface area contributed by atoms with Gasteiger partial charge in [0.15, 0.2) is 5.65 Å². The molecule has 0 spiro atoms.